The quantitative estimate of drug-likeness (QED) is 0.112. The van der Waals surface area contributed by atoms with E-state index in [4.69, 9.17) is 18.9 Å². The van der Waals surface area contributed by atoms with Crippen molar-refractivity contribution in [3.63, 3.8) is 0 Å². The number of hydrogen-bond donors (Lipinski definition) is 2. The Bertz CT molecular complexity index is 1870. The summed E-state index contributed by atoms with van der Waals surface area (Å²) in [5.74, 6) is -2.31. The SMILES string of the molecule is CC(C)(C)OC(=O)N[C@H](C(=O)OCC(=O)c1ccc(-c2ccc3cc(C(=O)COC(=O)[C@@H](NC(=O)OC(C)(C)C)C(C)(C)C)ccc3c2)cc1)C(C)(C)C. The molecule has 0 bridgehead atoms. The van der Waals surface area contributed by atoms with E-state index in [1.807, 2.05) is 18.2 Å². The summed E-state index contributed by atoms with van der Waals surface area (Å²) in [6, 6.07) is 15.6. The number of benzene rings is 3. The summed E-state index contributed by atoms with van der Waals surface area (Å²) in [5, 5.41) is 6.76. The number of carbonyl (C=O) groups is 6. The minimum atomic E-state index is -1.04. The molecule has 0 fully saturated rings. The Hall–Kier alpha value is -5.26. The van der Waals surface area contributed by atoms with E-state index >= 15 is 0 Å². The van der Waals surface area contributed by atoms with Crippen molar-refractivity contribution in [2.45, 2.75) is 106 Å². The largest absolute Gasteiger partial charge is 0.456 e. The maximum atomic E-state index is 13.0. The summed E-state index contributed by atoms with van der Waals surface area (Å²) in [4.78, 5) is 76.5. The summed E-state index contributed by atoms with van der Waals surface area (Å²) in [6.45, 7) is 19.9. The molecule has 2 amide bonds. The van der Waals surface area contributed by atoms with Gasteiger partial charge in [-0.25, -0.2) is 19.2 Å². The van der Waals surface area contributed by atoms with Crippen LogP contribution in [0.4, 0.5) is 9.59 Å². The monoisotopic (exact) mass is 746 g/mol. The minimum absolute atomic E-state index is 0.345. The van der Waals surface area contributed by atoms with Crippen molar-refractivity contribution in [1.82, 2.24) is 10.6 Å². The molecule has 0 aliphatic heterocycles. The molecule has 0 aliphatic rings. The van der Waals surface area contributed by atoms with Crippen LogP contribution in [-0.2, 0) is 28.5 Å². The van der Waals surface area contributed by atoms with Crippen LogP contribution >= 0.6 is 0 Å². The van der Waals surface area contributed by atoms with Gasteiger partial charge in [0.25, 0.3) is 0 Å². The molecular weight excluding hydrogens is 692 g/mol. The molecule has 292 valence electrons. The lowest BCUT2D eigenvalue weighted by molar-refractivity contribution is -0.148. The van der Waals surface area contributed by atoms with E-state index in [1.165, 1.54) is 0 Å². The predicted octanol–water partition coefficient (Wildman–Crippen LogP) is 7.84. The van der Waals surface area contributed by atoms with Crippen molar-refractivity contribution >= 4 is 46.5 Å². The van der Waals surface area contributed by atoms with Gasteiger partial charge < -0.3 is 29.6 Å². The molecule has 12 heteroatoms. The smallest absolute Gasteiger partial charge is 0.408 e. The molecule has 54 heavy (non-hydrogen) atoms. The Labute approximate surface area is 317 Å². The van der Waals surface area contributed by atoms with Gasteiger partial charge >= 0.3 is 24.1 Å². The molecule has 0 unspecified atom stereocenters. The number of alkyl carbamates (subject to hydrolysis) is 2. The Balaban J connectivity index is 1.63. The van der Waals surface area contributed by atoms with Gasteiger partial charge in [-0.3, -0.25) is 9.59 Å². The van der Waals surface area contributed by atoms with Crippen LogP contribution < -0.4 is 10.6 Å². The van der Waals surface area contributed by atoms with E-state index in [2.05, 4.69) is 10.6 Å². The molecule has 3 aromatic rings. The predicted molar refractivity (Wildman–Crippen MR) is 205 cm³/mol. The molecule has 2 N–H and O–H groups in total. The van der Waals surface area contributed by atoms with Gasteiger partial charge in [0.05, 0.1) is 0 Å². The Kier molecular flexibility index (Phi) is 13.4. The number of esters is 2. The lowest BCUT2D eigenvalue weighted by Crippen LogP contribution is -2.51. The van der Waals surface area contributed by atoms with E-state index in [1.54, 1.807) is 126 Å². The fourth-order valence-electron chi connectivity index (χ4n) is 5.16. The van der Waals surface area contributed by atoms with Gasteiger partial charge in [0.2, 0.25) is 0 Å². The van der Waals surface area contributed by atoms with Gasteiger partial charge in [-0.1, -0.05) is 90.1 Å². The first-order valence-corrected chi connectivity index (χ1v) is 17.8. The van der Waals surface area contributed by atoms with E-state index < -0.39 is 83.0 Å². The van der Waals surface area contributed by atoms with E-state index in [0.717, 1.165) is 21.9 Å². The molecule has 3 aromatic carbocycles. The van der Waals surface area contributed by atoms with Crippen LogP contribution in [0.5, 0.6) is 0 Å². The lowest BCUT2D eigenvalue weighted by atomic mass is 9.87. The molecule has 2 atom stereocenters. The molecule has 0 aromatic heterocycles. The molecule has 12 nitrogen and oxygen atoms in total. The summed E-state index contributed by atoms with van der Waals surface area (Å²) >= 11 is 0. The van der Waals surface area contributed by atoms with Crippen LogP contribution in [0.25, 0.3) is 21.9 Å². The van der Waals surface area contributed by atoms with Crippen molar-refractivity contribution in [2.75, 3.05) is 13.2 Å². The lowest BCUT2D eigenvalue weighted by Gasteiger charge is -2.30. The highest BCUT2D eigenvalue weighted by Crippen LogP contribution is 2.27. The number of rotatable bonds is 11. The summed E-state index contributed by atoms with van der Waals surface area (Å²) in [6.07, 6.45) is -1.52. The van der Waals surface area contributed by atoms with E-state index in [9.17, 15) is 28.8 Å². The van der Waals surface area contributed by atoms with Gasteiger partial charge in [-0.15, -0.1) is 0 Å². The topological polar surface area (TPSA) is 163 Å². The number of fused-ring (bicyclic) bond motifs is 1. The average molecular weight is 747 g/mol. The molecule has 0 spiro atoms. The first kappa shape index (κ1) is 43.1. The molecule has 0 saturated heterocycles. The van der Waals surface area contributed by atoms with Crippen LogP contribution in [0, 0.1) is 10.8 Å². The number of ether oxygens (including phenoxy) is 4. The molecule has 0 radical (unpaired) electrons. The maximum Gasteiger partial charge on any atom is 0.408 e. The minimum Gasteiger partial charge on any atom is -0.456 e. The van der Waals surface area contributed by atoms with E-state index in [-0.39, 0.29) is 0 Å². The zero-order chi connectivity index (χ0) is 40.8. The Morgan fingerprint density at radius 3 is 1.30 bits per heavy atom. The zero-order valence-electron chi connectivity index (χ0n) is 33.4. The van der Waals surface area contributed by atoms with Crippen LogP contribution in [-0.4, -0.2) is 72.2 Å². The van der Waals surface area contributed by atoms with Crippen LogP contribution in [0.15, 0.2) is 60.7 Å². The number of amides is 2. The van der Waals surface area contributed by atoms with Crippen molar-refractivity contribution in [3.8, 4) is 11.1 Å². The first-order valence-electron chi connectivity index (χ1n) is 17.8. The number of hydrogen-bond acceptors (Lipinski definition) is 10. The summed E-state index contributed by atoms with van der Waals surface area (Å²) < 4.78 is 21.2. The highest BCUT2D eigenvalue weighted by Gasteiger charge is 2.37. The van der Waals surface area contributed by atoms with Crippen molar-refractivity contribution in [2.24, 2.45) is 10.8 Å². The van der Waals surface area contributed by atoms with E-state index in [0.29, 0.717) is 11.1 Å². The Morgan fingerprint density at radius 1 is 0.500 bits per heavy atom. The average Bonchev–Trinajstić information content (AvgIpc) is 3.04. The highest BCUT2D eigenvalue weighted by atomic mass is 16.6. The number of carbonyl (C=O) groups excluding carboxylic acids is 6. The third-order valence-electron chi connectivity index (χ3n) is 7.92. The summed E-state index contributed by atoms with van der Waals surface area (Å²) in [7, 11) is 0. The Morgan fingerprint density at radius 2 is 0.870 bits per heavy atom. The van der Waals surface area contributed by atoms with Crippen LogP contribution in [0.3, 0.4) is 0 Å². The molecule has 3 rings (SSSR count). The molecule has 0 aliphatic carbocycles. The van der Waals surface area contributed by atoms with Crippen LogP contribution in [0.2, 0.25) is 0 Å². The normalized spacial score (nSPS) is 13.3. The molecular formula is C42H54N2O10. The number of Topliss-reactive ketones (excluding diaryl/α,β-unsaturated/α-hetero) is 2. The van der Waals surface area contributed by atoms with Crippen molar-refractivity contribution < 1.29 is 47.7 Å². The van der Waals surface area contributed by atoms with Gasteiger partial charge in [0, 0.05) is 11.1 Å². The zero-order valence-corrected chi connectivity index (χ0v) is 33.4. The van der Waals surface area contributed by atoms with Crippen molar-refractivity contribution in [1.29, 1.82) is 0 Å². The number of ketones is 2. The summed E-state index contributed by atoms with van der Waals surface area (Å²) in [5.41, 5.74) is -0.513. The first-order chi connectivity index (χ1) is 24.7. The third kappa shape index (κ3) is 13.0. The fraction of sp³-hybridized carbons (Fsp3) is 0.476. The third-order valence-corrected chi connectivity index (χ3v) is 7.92. The van der Waals surface area contributed by atoms with Crippen molar-refractivity contribution in [3.05, 3.63) is 71.8 Å². The van der Waals surface area contributed by atoms with Gasteiger partial charge in [0.15, 0.2) is 24.8 Å². The van der Waals surface area contributed by atoms with Crippen LogP contribution in [0.1, 0.15) is 104 Å². The molecule has 0 heterocycles. The second-order valence-corrected chi connectivity index (χ2v) is 17.3. The fourth-order valence-corrected chi connectivity index (χ4v) is 5.16. The highest BCUT2D eigenvalue weighted by molar-refractivity contribution is 6.02. The number of nitrogens with one attached hydrogen (secondary N) is 2. The second-order valence-electron chi connectivity index (χ2n) is 17.3. The van der Waals surface area contributed by atoms with Gasteiger partial charge in [0.1, 0.15) is 23.3 Å². The standard InChI is InChI=1S/C42H54N2O10/c1-39(2,3)33(43-37(49)53-41(7,8)9)35(47)51-23-31(45)26-15-13-25(14-16-26)27-17-18-29-22-30(20-19-28(29)21-27)32(46)24-52-36(48)34(40(4,5)6)44-38(50)54-42(10,11)12/h13-22,33-34H,23-24H2,1-12H3,(H,43,49)(H,44,50)/t33-,34-/m1/s1. The second kappa shape index (κ2) is 16.8. The van der Waals surface area contributed by atoms with Gasteiger partial charge in [-0.2, -0.15) is 0 Å². The maximum absolute atomic E-state index is 13.0. The van der Waals surface area contributed by atoms with Gasteiger partial charge in [-0.05, 0) is 86.4 Å². The molecule has 0 saturated carbocycles.